The molecular formula is C41H26N4. The van der Waals surface area contributed by atoms with Gasteiger partial charge < -0.3 is 4.57 Å². The summed E-state index contributed by atoms with van der Waals surface area (Å²) in [6.45, 7) is 0. The maximum Gasteiger partial charge on any atom is 0.163 e. The predicted molar refractivity (Wildman–Crippen MR) is 185 cm³/mol. The van der Waals surface area contributed by atoms with Gasteiger partial charge in [0.05, 0.1) is 16.7 Å². The first-order valence-corrected chi connectivity index (χ1v) is 15.1. The highest BCUT2D eigenvalue weighted by molar-refractivity contribution is 6.13. The summed E-state index contributed by atoms with van der Waals surface area (Å²) in [5.74, 6) is 0.656. The summed E-state index contributed by atoms with van der Waals surface area (Å²) in [4.78, 5) is 14.6. The van der Waals surface area contributed by atoms with E-state index in [0.29, 0.717) is 11.5 Å². The van der Waals surface area contributed by atoms with E-state index in [1.54, 1.807) is 6.20 Å². The third kappa shape index (κ3) is 4.27. The van der Waals surface area contributed by atoms with Crippen LogP contribution in [0, 0.1) is 0 Å². The zero-order chi connectivity index (χ0) is 29.7. The Morgan fingerprint density at radius 1 is 0.422 bits per heavy atom. The molecular weight excluding hydrogens is 548 g/mol. The maximum absolute atomic E-state index is 5.11. The van der Waals surface area contributed by atoms with Crippen LogP contribution in [0.2, 0.25) is 0 Å². The van der Waals surface area contributed by atoms with Gasteiger partial charge in [0.25, 0.3) is 0 Å². The van der Waals surface area contributed by atoms with Gasteiger partial charge in [0.15, 0.2) is 11.5 Å². The van der Waals surface area contributed by atoms with Crippen molar-refractivity contribution in [1.29, 1.82) is 0 Å². The van der Waals surface area contributed by atoms with Crippen molar-refractivity contribution in [2.75, 3.05) is 0 Å². The van der Waals surface area contributed by atoms with Crippen LogP contribution in [0.5, 0.6) is 0 Å². The van der Waals surface area contributed by atoms with Gasteiger partial charge in [0, 0.05) is 39.2 Å². The first kappa shape index (κ1) is 25.4. The summed E-state index contributed by atoms with van der Waals surface area (Å²) >= 11 is 0. The monoisotopic (exact) mass is 574 g/mol. The van der Waals surface area contributed by atoms with E-state index in [9.17, 15) is 0 Å². The van der Waals surface area contributed by atoms with Gasteiger partial charge >= 0.3 is 0 Å². The Hall–Kier alpha value is -6.13. The molecule has 9 rings (SSSR count). The molecule has 0 saturated carbocycles. The lowest BCUT2D eigenvalue weighted by atomic mass is 10.0. The van der Waals surface area contributed by atoms with E-state index in [0.717, 1.165) is 27.9 Å². The van der Waals surface area contributed by atoms with Crippen LogP contribution in [0.1, 0.15) is 0 Å². The lowest BCUT2D eigenvalue weighted by molar-refractivity contribution is 1.17. The number of hydrogen-bond acceptors (Lipinski definition) is 3. The van der Waals surface area contributed by atoms with Gasteiger partial charge in [-0.3, -0.25) is 0 Å². The maximum atomic E-state index is 5.11. The first-order chi connectivity index (χ1) is 22.3. The van der Waals surface area contributed by atoms with E-state index >= 15 is 0 Å². The second-order valence-electron chi connectivity index (χ2n) is 11.3. The van der Waals surface area contributed by atoms with Gasteiger partial charge in [0.2, 0.25) is 0 Å². The summed E-state index contributed by atoms with van der Waals surface area (Å²) in [6, 6.07) is 53.3. The van der Waals surface area contributed by atoms with Crippen LogP contribution >= 0.6 is 0 Å². The summed E-state index contributed by atoms with van der Waals surface area (Å²) in [7, 11) is 0. The van der Waals surface area contributed by atoms with Gasteiger partial charge in [-0.05, 0) is 76.5 Å². The molecule has 0 aliphatic carbocycles. The van der Waals surface area contributed by atoms with Crippen molar-refractivity contribution in [3.63, 3.8) is 0 Å². The van der Waals surface area contributed by atoms with Crippen LogP contribution in [0.4, 0.5) is 0 Å². The molecule has 0 atom stereocenters. The minimum Gasteiger partial charge on any atom is -0.309 e. The smallest absolute Gasteiger partial charge is 0.163 e. The lowest BCUT2D eigenvalue weighted by Crippen LogP contribution is -1.98. The molecule has 45 heavy (non-hydrogen) atoms. The summed E-state index contributed by atoms with van der Waals surface area (Å²) in [6.07, 6.45) is 1.79. The van der Waals surface area contributed by atoms with Crippen molar-refractivity contribution in [3.05, 3.63) is 158 Å². The molecule has 0 spiro atoms. The molecule has 6 aromatic carbocycles. The summed E-state index contributed by atoms with van der Waals surface area (Å²) < 4.78 is 2.35. The van der Waals surface area contributed by atoms with Crippen LogP contribution in [0.3, 0.4) is 0 Å². The number of hydrogen-bond donors (Lipinski definition) is 0. The van der Waals surface area contributed by atoms with Crippen molar-refractivity contribution >= 4 is 43.6 Å². The Labute approximate surface area is 259 Å². The number of rotatable bonds is 4. The molecule has 3 aromatic heterocycles. The molecule has 4 heteroatoms. The quantitative estimate of drug-likeness (QED) is 0.210. The highest BCUT2D eigenvalue weighted by Gasteiger charge is 2.15. The molecule has 0 amide bonds. The third-order valence-electron chi connectivity index (χ3n) is 8.66. The molecule has 0 radical (unpaired) electrons. The van der Waals surface area contributed by atoms with Gasteiger partial charge in [-0.25, -0.2) is 15.0 Å². The van der Waals surface area contributed by atoms with Crippen molar-refractivity contribution < 1.29 is 0 Å². The highest BCUT2D eigenvalue weighted by Crippen LogP contribution is 2.36. The van der Waals surface area contributed by atoms with Crippen molar-refractivity contribution in [2.24, 2.45) is 0 Å². The average Bonchev–Trinajstić information content (AvgIpc) is 3.44. The lowest BCUT2D eigenvalue weighted by Gasteiger charge is -2.11. The fraction of sp³-hybridized carbons (Fsp3) is 0. The number of nitrogens with zero attached hydrogens (tertiary/aromatic N) is 4. The molecule has 0 bridgehead atoms. The van der Waals surface area contributed by atoms with E-state index in [4.69, 9.17) is 9.97 Å². The molecule has 9 aromatic rings. The average molecular weight is 575 g/mol. The van der Waals surface area contributed by atoms with E-state index < -0.39 is 0 Å². The number of pyridine rings is 1. The third-order valence-corrected chi connectivity index (χ3v) is 8.66. The van der Waals surface area contributed by atoms with Crippen molar-refractivity contribution in [2.45, 2.75) is 0 Å². The van der Waals surface area contributed by atoms with Crippen molar-refractivity contribution in [1.82, 2.24) is 19.5 Å². The van der Waals surface area contributed by atoms with Crippen molar-refractivity contribution in [3.8, 4) is 39.5 Å². The summed E-state index contributed by atoms with van der Waals surface area (Å²) in [5, 5.41) is 5.90. The minimum atomic E-state index is 0.656. The molecule has 4 nitrogen and oxygen atoms in total. The molecule has 0 fully saturated rings. The van der Waals surface area contributed by atoms with Gasteiger partial charge in [-0.2, -0.15) is 0 Å². The van der Waals surface area contributed by atoms with E-state index in [2.05, 4.69) is 143 Å². The van der Waals surface area contributed by atoms with Crippen LogP contribution in [0.25, 0.3) is 83.1 Å². The topological polar surface area (TPSA) is 43.6 Å². The number of para-hydroxylation sites is 1. The Morgan fingerprint density at radius 2 is 1.07 bits per heavy atom. The Bertz CT molecular complexity index is 2510. The van der Waals surface area contributed by atoms with Crippen LogP contribution in [-0.4, -0.2) is 19.5 Å². The zero-order valence-corrected chi connectivity index (χ0v) is 24.3. The van der Waals surface area contributed by atoms with Gasteiger partial charge in [-0.15, -0.1) is 0 Å². The minimum absolute atomic E-state index is 0.656. The summed E-state index contributed by atoms with van der Waals surface area (Å²) in [5.41, 5.74) is 9.36. The largest absolute Gasteiger partial charge is 0.309 e. The molecule has 210 valence electrons. The second-order valence-corrected chi connectivity index (χ2v) is 11.3. The fourth-order valence-electron chi connectivity index (χ4n) is 6.46. The first-order valence-electron chi connectivity index (χ1n) is 15.1. The van der Waals surface area contributed by atoms with Gasteiger partial charge in [-0.1, -0.05) is 97.1 Å². The molecule has 0 N–H and O–H groups in total. The number of fused-ring (bicyclic) bond motifs is 5. The molecule has 0 aliphatic rings. The van der Waals surface area contributed by atoms with E-state index in [-0.39, 0.29) is 0 Å². The zero-order valence-electron chi connectivity index (χ0n) is 24.3. The molecule has 3 heterocycles. The number of benzene rings is 6. The molecule has 0 aliphatic heterocycles. The fourth-order valence-corrected chi connectivity index (χ4v) is 6.46. The SMILES string of the molecule is c1ccc(-c2ccc(-c3nc(-c4ccc(-n5c6ccccc6c6cc7ccccc7cc65)cc4)nc4ncccc34)cc2)cc1. The Morgan fingerprint density at radius 3 is 1.89 bits per heavy atom. The standard InChI is InChI=1S/C41H26N4/c1-2-9-27(10-3-1)28-16-18-29(19-17-28)39-35-14-8-24-42-41(35)44-40(43-39)30-20-22-33(23-21-30)45-37-15-7-6-13-34(37)36-25-31-11-4-5-12-32(31)26-38(36)45/h1-26H. The molecule has 0 saturated heterocycles. The normalized spacial score (nSPS) is 11.6. The van der Waals surface area contributed by atoms with Crippen LogP contribution < -0.4 is 0 Å². The molecule has 0 unspecified atom stereocenters. The van der Waals surface area contributed by atoms with E-state index in [1.807, 2.05) is 18.2 Å². The highest BCUT2D eigenvalue weighted by atomic mass is 15.0. The second kappa shape index (κ2) is 10.2. The predicted octanol–water partition coefficient (Wildman–Crippen LogP) is 10.3. The Kier molecular flexibility index (Phi) is 5.78. The van der Waals surface area contributed by atoms with Crippen LogP contribution in [0.15, 0.2) is 158 Å². The van der Waals surface area contributed by atoms with Gasteiger partial charge in [0.1, 0.15) is 0 Å². The Balaban J connectivity index is 1.16. The van der Waals surface area contributed by atoms with E-state index in [1.165, 1.54) is 43.7 Å². The number of aromatic nitrogens is 4. The van der Waals surface area contributed by atoms with Crippen LogP contribution in [-0.2, 0) is 0 Å².